The molecule has 24 heavy (non-hydrogen) atoms. The van der Waals surface area contributed by atoms with Crippen LogP contribution in [0.4, 0.5) is 0 Å². The fourth-order valence-electron chi connectivity index (χ4n) is 2.36. The second kappa shape index (κ2) is 7.89. The van der Waals surface area contributed by atoms with E-state index < -0.39 is 0 Å². The minimum Gasteiger partial charge on any atom is -0.268 e. The van der Waals surface area contributed by atoms with Gasteiger partial charge in [-0.1, -0.05) is 36.7 Å². The van der Waals surface area contributed by atoms with Crippen molar-refractivity contribution in [2.45, 2.75) is 24.9 Å². The number of hydrogen-bond acceptors (Lipinski definition) is 3. The van der Waals surface area contributed by atoms with Crippen molar-refractivity contribution in [2.24, 2.45) is 0 Å². The standard InChI is InChI=1S/C18H16ClIN2OS/c1-2-3-10-24-18-21-16-9-6-13(20)11-15(16)17(23)22(18)14-7-4-12(19)5-8-14/h4-9,11H,2-3,10H2,1H3. The Balaban J connectivity index is 2.22. The summed E-state index contributed by atoms with van der Waals surface area (Å²) in [6, 6.07) is 13.1. The van der Waals surface area contributed by atoms with Crippen molar-refractivity contribution in [1.82, 2.24) is 9.55 Å². The van der Waals surface area contributed by atoms with Gasteiger partial charge in [0.1, 0.15) is 0 Å². The second-order valence-electron chi connectivity index (χ2n) is 5.37. The van der Waals surface area contributed by atoms with Gasteiger partial charge in [0.15, 0.2) is 5.16 Å². The molecule has 2 aromatic carbocycles. The summed E-state index contributed by atoms with van der Waals surface area (Å²) in [5, 5.41) is 2.01. The van der Waals surface area contributed by atoms with Crippen LogP contribution in [0.15, 0.2) is 52.4 Å². The smallest absolute Gasteiger partial charge is 0.266 e. The SMILES string of the molecule is CCCCSc1nc2ccc(I)cc2c(=O)n1-c1ccc(Cl)cc1. The third-order valence-electron chi connectivity index (χ3n) is 3.61. The number of rotatable bonds is 5. The Hall–Kier alpha value is -1.05. The molecule has 1 aromatic heterocycles. The lowest BCUT2D eigenvalue weighted by molar-refractivity contribution is 0.814. The van der Waals surface area contributed by atoms with Gasteiger partial charge in [-0.2, -0.15) is 0 Å². The van der Waals surface area contributed by atoms with Gasteiger partial charge in [0, 0.05) is 14.3 Å². The largest absolute Gasteiger partial charge is 0.268 e. The summed E-state index contributed by atoms with van der Waals surface area (Å²) in [6.45, 7) is 2.16. The molecule has 6 heteroatoms. The van der Waals surface area contributed by atoms with E-state index in [4.69, 9.17) is 16.6 Å². The van der Waals surface area contributed by atoms with Gasteiger partial charge in [0.2, 0.25) is 0 Å². The molecule has 3 aromatic rings. The first-order valence-electron chi connectivity index (χ1n) is 7.71. The first-order valence-corrected chi connectivity index (χ1v) is 10.2. The predicted molar refractivity (Wildman–Crippen MR) is 111 cm³/mol. The highest BCUT2D eigenvalue weighted by atomic mass is 127. The van der Waals surface area contributed by atoms with Gasteiger partial charge < -0.3 is 0 Å². The minimum absolute atomic E-state index is 0.0418. The van der Waals surface area contributed by atoms with Crippen LogP contribution in [-0.2, 0) is 0 Å². The fraction of sp³-hybridized carbons (Fsp3) is 0.222. The van der Waals surface area contributed by atoms with Crippen LogP contribution in [0.1, 0.15) is 19.8 Å². The monoisotopic (exact) mass is 470 g/mol. The molecule has 3 nitrogen and oxygen atoms in total. The summed E-state index contributed by atoms with van der Waals surface area (Å²) in [4.78, 5) is 17.8. The quantitative estimate of drug-likeness (QED) is 0.213. The van der Waals surface area contributed by atoms with Crippen molar-refractivity contribution in [3.63, 3.8) is 0 Å². The van der Waals surface area contributed by atoms with Crippen molar-refractivity contribution in [3.05, 3.63) is 61.4 Å². The second-order valence-corrected chi connectivity index (χ2v) is 8.12. The summed E-state index contributed by atoms with van der Waals surface area (Å²) in [6.07, 6.45) is 2.20. The van der Waals surface area contributed by atoms with Crippen LogP contribution in [0.3, 0.4) is 0 Å². The van der Waals surface area contributed by atoms with Crippen molar-refractivity contribution in [1.29, 1.82) is 0 Å². The van der Waals surface area contributed by atoms with Crippen LogP contribution < -0.4 is 5.56 Å². The van der Waals surface area contributed by atoms with Crippen LogP contribution in [0.25, 0.3) is 16.6 Å². The number of aromatic nitrogens is 2. The third kappa shape index (κ3) is 3.78. The molecule has 0 amide bonds. The van der Waals surface area contributed by atoms with E-state index in [0.717, 1.165) is 38.5 Å². The van der Waals surface area contributed by atoms with Gasteiger partial charge in [-0.05, 0) is 71.5 Å². The lowest BCUT2D eigenvalue weighted by Gasteiger charge is -2.13. The van der Waals surface area contributed by atoms with Crippen molar-refractivity contribution in [3.8, 4) is 5.69 Å². The highest BCUT2D eigenvalue weighted by Gasteiger charge is 2.13. The van der Waals surface area contributed by atoms with Crippen LogP contribution in [0.5, 0.6) is 0 Å². The molecule has 0 atom stereocenters. The number of nitrogens with zero attached hydrogens (tertiary/aromatic N) is 2. The zero-order chi connectivity index (χ0) is 17.1. The third-order valence-corrected chi connectivity index (χ3v) is 5.56. The first kappa shape index (κ1) is 17.8. The highest BCUT2D eigenvalue weighted by molar-refractivity contribution is 14.1. The molecular weight excluding hydrogens is 455 g/mol. The number of thioether (sulfide) groups is 1. The Morgan fingerprint density at radius 1 is 1.21 bits per heavy atom. The molecule has 0 spiro atoms. The number of benzene rings is 2. The molecule has 0 N–H and O–H groups in total. The molecule has 0 saturated heterocycles. The van der Waals surface area contributed by atoms with Crippen molar-refractivity contribution in [2.75, 3.05) is 5.75 Å². The van der Waals surface area contributed by atoms with Gasteiger partial charge in [0.05, 0.1) is 16.6 Å². The van der Waals surface area contributed by atoms with E-state index in [1.807, 2.05) is 30.3 Å². The maximum Gasteiger partial charge on any atom is 0.266 e. The van der Waals surface area contributed by atoms with E-state index in [9.17, 15) is 4.79 Å². The summed E-state index contributed by atoms with van der Waals surface area (Å²) >= 11 is 9.82. The Labute approximate surface area is 163 Å². The summed E-state index contributed by atoms with van der Waals surface area (Å²) in [7, 11) is 0. The molecule has 0 bridgehead atoms. The van der Waals surface area contributed by atoms with E-state index >= 15 is 0 Å². The molecule has 0 radical (unpaired) electrons. The van der Waals surface area contributed by atoms with Gasteiger partial charge >= 0.3 is 0 Å². The Morgan fingerprint density at radius 3 is 2.67 bits per heavy atom. The molecule has 0 aliphatic rings. The molecule has 0 saturated carbocycles. The lowest BCUT2D eigenvalue weighted by atomic mass is 10.2. The van der Waals surface area contributed by atoms with Crippen LogP contribution in [0, 0.1) is 3.57 Å². The minimum atomic E-state index is -0.0418. The number of unbranched alkanes of at least 4 members (excludes halogenated alkanes) is 1. The zero-order valence-corrected chi connectivity index (χ0v) is 16.9. The predicted octanol–water partition coefficient (Wildman–Crippen LogP) is 5.54. The highest BCUT2D eigenvalue weighted by Crippen LogP contribution is 2.24. The zero-order valence-electron chi connectivity index (χ0n) is 13.1. The average Bonchev–Trinajstić information content (AvgIpc) is 2.57. The maximum atomic E-state index is 13.1. The number of fused-ring (bicyclic) bond motifs is 1. The van der Waals surface area contributed by atoms with Crippen molar-refractivity contribution >= 4 is 56.9 Å². The Kier molecular flexibility index (Phi) is 5.84. The van der Waals surface area contributed by atoms with Gasteiger partial charge in [-0.3, -0.25) is 9.36 Å². The number of hydrogen-bond donors (Lipinski definition) is 0. The van der Waals surface area contributed by atoms with E-state index in [2.05, 4.69) is 29.5 Å². The molecule has 0 fully saturated rings. The van der Waals surface area contributed by atoms with Crippen LogP contribution in [-0.4, -0.2) is 15.3 Å². The average molecular weight is 471 g/mol. The molecule has 1 heterocycles. The number of halogens is 2. The Bertz CT molecular complexity index is 925. The van der Waals surface area contributed by atoms with E-state index in [1.165, 1.54) is 0 Å². The summed E-state index contributed by atoms with van der Waals surface area (Å²) in [5.74, 6) is 0.937. The van der Waals surface area contributed by atoms with Gasteiger partial charge in [-0.25, -0.2) is 4.98 Å². The van der Waals surface area contributed by atoms with Crippen LogP contribution >= 0.6 is 46.0 Å². The topological polar surface area (TPSA) is 34.9 Å². The summed E-state index contributed by atoms with van der Waals surface area (Å²) in [5.41, 5.74) is 1.49. The Morgan fingerprint density at radius 2 is 1.96 bits per heavy atom. The van der Waals surface area contributed by atoms with Crippen LogP contribution in [0.2, 0.25) is 5.02 Å². The van der Waals surface area contributed by atoms with E-state index in [0.29, 0.717) is 10.4 Å². The molecular formula is C18H16ClIN2OS. The van der Waals surface area contributed by atoms with Gasteiger partial charge in [0.25, 0.3) is 5.56 Å². The lowest BCUT2D eigenvalue weighted by Crippen LogP contribution is -2.22. The summed E-state index contributed by atoms with van der Waals surface area (Å²) < 4.78 is 2.71. The molecule has 3 rings (SSSR count). The molecule has 0 aliphatic heterocycles. The fourth-order valence-corrected chi connectivity index (χ4v) is 4.07. The normalized spacial score (nSPS) is 11.1. The van der Waals surface area contributed by atoms with Gasteiger partial charge in [-0.15, -0.1) is 0 Å². The molecule has 0 aliphatic carbocycles. The molecule has 0 unspecified atom stereocenters. The molecule has 124 valence electrons. The van der Waals surface area contributed by atoms with Crippen molar-refractivity contribution < 1.29 is 0 Å². The van der Waals surface area contributed by atoms with E-state index in [-0.39, 0.29) is 5.56 Å². The first-order chi connectivity index (χ1) is 11.6. The maximum absolute atomic E-state index is 13.1. The van der Waals surface area contributed by atoms with E-state index in [1.54, 1.807) is 28.5 Å².